The van der Waals surface area contributed by atoms with Gasteiger partial charge >= 0.3 is 0 Å². The second-order valence-corrected chi connectivity index (χ2v) is 34.0. The van der Waals surface area contributed by atoms with Crippen LogP contribution in [0, 0.1) is 0 Å². The van der Waals surface area contributed by atoms with E-state index in [4.69, 9.17) is 29.9 Å². The Morgan fingerprint density at radius 2 is 0.229 bits per heavy atom. The van der Waals surface area contributed by atoms with Gasteiger partial charge in [0, 0.05) is 150 Å². The van der Waals surface area contributed by atoms with Crippen molar-refractivity contribution in [1.29, 1.82) is 0 Å². The van der Waals surface area contributed by atoms with Crippen molar-refractivity contribution in [3.8, 4) is 225 Å². The Morgan fingerprint density at radius 1 is 0.0833 bits per heavy atom. The van der Waals surface area contributed by atoms with Crippen LogP contribution in [0.25, 0.3) is 225 Å². The summed E-state index contributed by atoms with van der Waals surface area (Å²) in [5.74, 6) is 1.35. The van der Waals surface area contributed by atoms with E-state index in [1.165, 1.54) is 0 Å². The maximum Gasteiger partial charge on any atom is 0.160 e. The Balaban J connectivity index is 0.000000113. The second kappa shape index (κ2) is 44.2. The molecule has 0 unspecified atom stereocenters. The number of pyridine rings is 10. The van der Waals surface area contributed by atoms with E-state index in [1.807, 2.05) is 341 Å². The second-order valence-electron chi connectivity index (χ2n) is 34.0. The topological polar surface area (TPSA) is 180 Å². The first kappa shape index (κ1) is 90.8. The van der Waals surface area contributed by atoms with Crippen LogP contribution in [0.2, 0.25) is 0 Å². The van der Waals surface area contributed by atoms with Gasteiger partial charge in [-0.05, 0) is 229 Å². The number of nitrogens with zero attached hydrogens (tertiary/aromatic N) is 14. The average Bonchev–Trinajstić information content (AvgIpc) is 0.793. The van der Waals surface area contributed by atoms with Crippen LogP contribution in [-0.4, -0.2) is 69.8 Å². The molecule has 0 aliphatic carbocycles. The predicted octanol–water partition coefficient (Wildman–Crippen LogP) is 31.6. The van der Waals surface area contributed by atoms with Crippen LogP contribution in [0.5, 0.6) is 0 Å². The molecule has 12 heterocycles. The van der Waals surface area contributed by atoms with Crippen LogP contribution < -0.4 is 0 Å². The molecular weight excluding hydrogens is 1760 g/mol. The van der Waals surface area contributed by atoms with Crippen molar-refractivity contribution in [2.75, 3.05) is 0 Å². The zero-order chi connectivity index (χ0) is 96.6. The average molecular weight is 1850 g/mol. The summed E-state index contributed by atoms with van der Waals surface area (Å²) in [7, 11) is 0. The molecule has 24 aromatic rings. The van der Waals surface area contributed by atoms with E-state index in [-0.39, 0.29) is 0 Å². The summed E-state index contributed by atoms with van der Waals surface area (Å²) in [4.78, 5) is 67.0. The molecule has 14 heteroatoms. The largest absolute Gasteiger partial charge is 0.256 e. The molecule has 0 atom stereocenters. The van der Waals surface area contributed by atoms with E-state index < -0.39 is 0 Å². The third kappa shape index (κ3) is 22.3. The fourth-order valence-corrected chi connectivity index (χ4v) is 17.2. The smallest absolute Gasteiger partial charge is 0.160 e. The van der Waals surface area contributed by atoms with Gasteiger partial charge in [0.25, 0.3) is 0 Å². The normalized spacial score (nSPS) is 10.8. The minimum Gasteiger partial charge on any atom is -0.256 e. The summed E-state index contributed by atoms with van der Waals surface area (Å²) in [6.45, 7) is 0. The highest BCUT2D eigenvalue weighted by Gasteiger charge is 2.21. The van der Waals surface area contributed by atoms with Crippen molar-refractivity contribution >= 4 is 0 Å². The molecule has 0 saturated carbocycles. The Morgan fingerprint density at radius 3 is 0.444 bits per heavy atom. The molecule has 0 radical (unpaired) electrons. The van der Waals surface area contributed by atoms with Gasteiger partial charge in [0.1, 0.15) is 0 Å². The number of hydrogen-bond acceptors (Lipinski definition) is 14. The summed E-state index contributed by atoms with van der Waals surface area (Å²) < 4.78 is 0. The summed E-state index contributed by atoms with van der Waals surface area (Å²) >= 11 is 0. The quantitative estimate of drug-likeness (QED) is 0.0703. The first-order valence-electron chi connectivity index (χ1n) is 47.5. The van der Waals surface area contributed by atoms with Crippen LogP contribution in [0.1, 0.15) is 0 Å². The summed E-state index contributed by atoms with van der Waals surface area (Å²) in [5.41, 5.74) is 37.4. The Labute approximate surface area is 836 Å². The lowest BCUT2D eigenvalue weighted by atomic mass is 9.95. The van der Waals surface area contributed by atoms with Gasteiger partial charge in [0.05, 0.1) is 91.1 Å². The van der Waals surface area contributed by atoms with Gasteiger partial charge in [-0.2, -0.15) is 0 Å². The molecule has 0 aliphatic rings. The van der Waals surface area contributed by atoms with E-state index in [0.29, 0.717) is 11.6 Å². The first-order valence-corrected chi connectivity index (χ1v) is 47.5. The van der Waals surface area contributed by atoms with Gasteiger partial charge in [0.2, 0.25) is 0 Å². The summed E-state index contributed by atoms with van der Waals surface area (Å²) in [6, 6.07) is 168. The number of rotatable bonds is 20. The molecule has 12 aromatic heterocycles. The minimum absolute atomic E-state index is 0.658. The van der Waals surface area contributed by atoms with Gasteiger partial charge in [-0.15, -0.1) is 0 Å². The molecule has 0 saturated heterocycles. The highest BCUT2D eigenvalue weighted by molar-refractivity contribution is 5.88. The highest BCUT2D eigenvalue weighted by atomic mass is 14.9. The zero-order valence-corrected chi connectivity index (χ0v) is 78.2. The molecule has 12 aromatic carbocycles. The van der Waals surface area contributed by atoms with Crippen molar-refractivity contribution < 1.29 is 0 Å². The molecule has 14 nitrogen and oxygen atoms in total. The van der Waals surface area contributed by atoms with E-state index in [1.54, 1.807) is 0 Å². The fraction of sp³-hybridized carbons (Fsp3) is 0. The highest BCUT2D eigenvalue weighted by Crippen LogP contribution is 2.42. The van der Waals surface area contributed by atoms with Gasteiger partial charge in [0.15, 0.2) is 11.6 Å². The third-order valence-corrected chi connectivity index (χ3v) is 24.3. The molecule has 680 valence electrons. The van der Waals surface area contributed by atoms with Gasteiger partial charge < -0.3 is 0 Å². The molecule has 0 N–H and O–H groups in total. The molecule has 24 rings (SSSR count). The van der Waals surface area contributed by atoms with Gasteiger partial charge in [-0.1, -0.05) is 291 Å². The van der Waals surface area contributed by atoms with Crippen molar-refractivity contribution in [3.05, 3.63) is 547 Å². The Bertz CT molecular complexity index is 6430. The molecule has 0 spiro atoms. The van der Waals surface area contributed by atoms with Crippen molar-refractivity contribution in [3.63, 3.8) is 0 Å². The monoisotopic (exact) mass is 1850 g/mol. The predicted molar refractivity (Wildman–Crippen MR) is 584 cm³/mol. The fourth-order valence-electron chi connectivity index (χ4n) is 17.2. The molecule has 0 fully saturated rings. The molecule has 0 amide bonds. The van der Waals surface area contributed by atoms with Crippen LogP contribution >= 0.6 is 0 Å². The maximum atomic E-state index is 5.13. The van der Waals surface area contributed by atoms with Gasteiger partial charge in [-0.25, -0.2) is 29.9 Å². The van der Waals surface area contributed by atoms with Crippen LogP contribution in [0.3, 0.4) is 0 Å². The SMILES string of the molecule is c1ccc(-c2cc(-c3cc(-c4ccccn4)cc(-c4ccccn4)c3)cc(-c3ccccc3)n2)cc1.c1ccc(-c2cc(-c3cc(-c4ccccn4)cc(-c4ccccn4)c3)nc(-c3ccccc3)n2)cc1.c1ccc(-c2cc(-c3ccccc3)nc(-c3cc(-c4ccccn4)cc(-c4ccccn4)c3)c2)cc1.c1ccc(-c2cc(-c3ccccc3)nc(-c3cc(-c4ccccn4)cc(-c4ccccn4)c3)n2)cc1. The van der Waals surface area contributed by atoms with Crippen LogP contribution in [0.15, 0.2) is 547 Å². The van der Waals surface area contributed by atoms with E-state index in [0.717, 1.165) is 213 Å². The number of hydrogen-bond donors (Lipinski definition) is 0. The minimum atomic E-state index is 0.658. The third-order valence-electron chi connectivity index (χ3n) is 24.3. The van der Waals surface area contributed by atoms with Crippen molar-refractivity contribution in [2.45, 2.75) is 0 Å². The van der Waals surface area contributed by atoms with Crippen molar-refractivity contribution in [2.24, 2.45) is 0 Å². The zero-order valence-electron chi connectivity index (χ0n) is 78.2. The standard InChI is InChI=1S/2C33H23N3.2C32H22N4/c1-3-11-24(12-4-1)26-22-32(25-13-5-2-6-14-25)36-33(23-26)29-20-27(30-15-7-9-17-34-30)19-28(21-29)31-16-8-10-18-35-31;1-3-11-24(12-4-1)32-22-27(23-33(36-32)25-13-5-2-6-14-25)26-19-28(30-15-7-9-17-34-30)21-29(20-26)31-16-8-10-18-35-31;1-3-11-23(12-4-1)30-22-31(36-32(35-30)24-13-5-2-6-14-24)27-20-25(28-15-7-9-17-33-28)19-26(21-27)29-16-8-10-18-34-29;1-3-11-23(12-4-1)30-22-31(24-13-5-2-6-14-24)36-32(35-30)27-20-25(28-15-7-9-17-33-28)19-26(21-27)29-16-8-10-18-34-29/h2*1-23H;2*1-22H. The number of aromatic nitrogens is 14. The summed E-state index contributed by atoms with van der Waals surface area (Å²) in [6.07, 6.45) is 14.5. The first-order chi connectivity index (χ1) is 71.3. The van der Waals surface area contributed by atoms with Crippen LogP contribution in [0.4, 0.5) is 0 Å². The number of benzene rings is 12. The van der Waals surface area contributed by atoms with Crippen LogP contribution in [-0.2, 0) is 0 Å². The molecule has 0 bridgehead atoms. The van der Waals surface area contributed by atoms with E-state index >= 15 is 0 Å². The van der Waals surface area contributed by atoms with Gasteiger partial charge in [-0.3, -0.25) is 39.9 Å². The lowest BCUT2D eigenvalue weighted by Gasteiger charge is -2.13. The van der Waals surface area contributed by atoms with Crippen molar-refractivity contribution in [1.82, 2.24) is 69.8 Å². The molecule has 0 aliphatic heterocycles. The molecular formula is C130H90N14. The molecule has 144 heavy (non-hydrogen) atoms. The summed E-state index contributed by atoms with van der Waals surface area (Å²) in [5, 5.41) is 0. The van der Waals surface area contributed by atoms with E-state index in [9.17, 15) is 0 Å². The Kier molecular flexibility index (Phi) is 27.8. The Hall–Kier alpha value is -19.7. The van der Waals surface area contributed by atoms with E-state index in [2.05, 4.69) is 246 Å². The maximum absolute atomic E-state index is 5.13. The lowest BCUT2D eigenvalue weighted by Crippen LogP contribution is -1.97. The lowest BCUT2D eigenvalue weighted by molar-refractivity contribution is 1.18.